The van der Waals surface area contributed by atoms with Crippen LogP contribution < -0.4 is 10.5 Å². The van der Waals surface area contributed by atoms with E-state index < -0.39 is 5.91 Å². The first-order valence-corrected chi connectivity index (χ1v) is 4.96. The van der Waals surface area contributed by atoms with Crippen molar-refractivity contribution in [2.24, 2.45) is 5.73 Å². The van der Waals surface area contributed by atoms with Crippen LogP contribution in [0.15, 0.2) is 23.8 Å². The number of aromatic hydroxyl groups is 1. The van der Waals surface area contributed by atoms with Crippen molar-refractivity contribution in [3.05, 3.63) is 29.3 Å². The third kappa shape index (κ3) is 3.24. The Labute approximate surface area is 98.7 Å². The predicted octanol–water partition coefficient (Wildman–Crippen LogP) is 1.18. The Balaban J connectivity index is 3.12. The number of hydrogen-bond acceptors (Lipinski definition) is 4. The number of phenolic OH excluding ortho intramolecular Hbond substituents is 1. The number of carbonyl (C=O) groups excluding carboxylic acids is 1. The third-order valence-corrected chi connectivity index (χ3v) is 1.98. The molecule has 0 unspecified atom stereocenters. The van der Waals surface area contributed by atoms with E-state index in [1.54, 1.807) is 19.1 Å². The molecule has 0 aliphatic heterocycles. The highest BCUT2D eigenvalue weighted by molar-refractivity contribution is 6.00. The topological polar surface area (TPSA) is 96.3 Å². The second-order valence-electron chi connectivity index (χ2n) is 3.19. The van der Waals surface area contributed by atoms with Crippen LogP contribution in [-0.2, 0) is 4.79 Å². The average Bonchev–Trinajstić information content (AvgIpc) is 2.30. The Morgan fingerprint density at radius 3 is 2.88 bits per heavy atom. The lowest BCUT2D eigenvalue weighted by Gasteiger charge is -2.06. The van der Waals surface area contributed by atoms with Gasteiger partial charge < -0.3 is 15.6 Å². The van der Waals surface area contributed by atoms with Crippen molar-refractivity contribution in [3.63, 3.8) is 0 Å². The molecular formula is C12H12N2O3. The van der Waals surface area contributed by atoms with Crippen LogP contribution in [0, 0.1) is 11.3 Å². The number of nitriles is 1. The Morgan fingerprint density at radius 2 is 2.35 bits per heavy atom. The molecule has 0 fully saturated rings. The van der Waals surface area contributed by atoms with Gasteiger partial charge in [0.1, 0.15) is 11.6 Å². The van der Waals surface area contributed by atoms with E-state index >= 15 is 0 Å². The van der Waals surface area contributed by atoms with E-state index in [1.165, 1.54) is 18.2 Å². The molecule has 0 bridgehead atoms. The summed E-state index contributed by atoms with van der Waals surface area (Å²) in [5.74, 6) is -0.497. The molecule has 1 rings (SSSR count). The summed E-state index contributed by atoms with van der Waals surface area (Å²) in [7, 11) is 0. The molecule has 0 aliphatic carbocycles. The van der Waals surface area contributed by atoms with Gasteiger partial charge in [-0.25, -0.2) is 0 Å². The molecule has 0 saturated carbocycles. The number of hydrogen-bond donors (Lipinski definition) is 2. The lowest BCUT2D eigenvalue weighted by atomic mass is 10.1. The van der Waals surface area contributed by atoms with Crippen LogP contribution in [0.3, 0.4) is 0 Å². The molecule has 88 valence electrons. The van der Waals surface area contributed by atoms with E-state index in [4.69, 9.17) is 15.7 Å². The van der Waals surface area contributed by atoms with Crippen LogP contribution in [0.2, 0.25) is 0 Å². The third-order valence-electron chi connectivity index (χ3n) is 1.98. The fraction of sp³-hybridized carbons (Fsp3) is 0.167. The summed E-state index contributed by atoms with van der Waals surface area (Å²) in [5.41, 5.74) is 5.41. The summed E-state index contributed by atoms with van der Waals surface area (Å²) in [5, 5.41) is 18.1. The van der Waals surface area contributed by atoms with E-state index in [2.05, 4.69) is 0 Å². The molecule has 3 N–H and O–H groups in total. The highest BCUT2D eigenvalue weighted by Gasteiger charge is 2.06. The number of nitrogens with two attached hydrogens (primary N) is 1. The average molecular weight is 232 g/mol. The van der Waals surface area contributed by atoms with Crippen LogP contribution in [0.5, 0.6) is 11.5 Å². The largest absolute Gasteiger partial charge is 0.504 e. The van der Waals surface area contributed by atoms with Crippen molar-refractivity contribution in [2.75, 3.05) is 6.61 Å². The van der Waals surface area contributed by atoms with E-state index in [9.17, 15) is 9.90 Å². The van der Waals surface area contributed by atoms with Gasteiger partial charge >= 0.3 is 0 Å². The summed E-state index contributed by atoms with van der Waals surface area (Å²) in [4.78, 5) is 10.9. The quantitative estimate of drug-likeness (QED) is 0.601. The van der Waals surface area contributed by atoms with Crippen molar-refractivity contribution in [2.45, 2.75) is 6.92 Å². The van der Waals surface area contributed by atoms with Crippen LogP contribution in [0.1, 0.15) is 12.5 Å². The summed E-state index contributed by atoms with van der Waals surface area (Å²) < 4.78 is 5.17. The van der Waals surface area contributed by atoms with E-state index in [0.717, 1.165) is 0 Å². The SMILES string of the molecule is CCOc1cc(/C=C(/C#N)C(N)=O)ccc1O. The normalized spacial score (nSPS) is 10.7. The van der Waals surface area contributed by atoms with Crippen LogP contribution in [-0.4, -0.2) is 17.6 Å². The molecule has 0 aromatic heterocycles. The molecule has 1 aromatic carbocycles. The zero-order chi connectivity index (χ0) is 12.8. The summed E-state index contributed by atoms with van der Waals surface area (Å²) in [6.45, 7) is 2.19. The second kappa shape index (κ2) is 5.56. The first-order chi connectivity index (χ1) is 8.08. The van der Waals surface area contributed by atoms with Gasteiger partial charge in [0.2, 0.25) is 0 Å². The van der Waals surface area contributed by atoms with E-state index in [-0.39, 0.29) is 11.3 Å². The Bertz CT molecular complexity index is 501. The summed E-state index contributed by atoms with van der Waals surface area (Å²) in [6.07, 6.45) is 1.34. The van der Waals surface area contributed by atoms with Gasteiger partial charge in [-0.2, -0.15) is 5.26 Å². The molecule has 0 aliphatic rings. The van der Waals surface area contributed by atoms with Gasteiger partial charge in [-0.1, -0.05) is 6.07 Å². The molecule has 0 heterocycles. The molecule has 1 amide bonds. The lowest BCUT2D eigenvalue weighted by molar-refractivity contribution is -0.114. The number of carbonyl (C=O) groups is 1. The Hall–Kier alpha value is -2.48. The Morgan fingerprint density at radius 1 is 1.65 bits per heavy atom. The smallest absolute Gasteiger partial charge is 0.259 e. The first kappa shape index (κ1) is 12.6. The lowest BCUT2D eigenvalue weighted by Crippen LogP contribution is -2.12. The van der Waals surface area contributed by atoms with Crippen molar-refractivity contribution in [1.82, 2.24) is 0 Å². The van der Waals surface area contributed by atoms with Gasteiger partial charge in [0.15, 0.2) is 11.5 Å². The van der Waals surface area contributed by atoms with Crippen LogP contribution >= 0.6 is 0 Å². The molecule has 17 heavy (non-hydrogen) atoms. The maximum Gasteiger partial charge on any atom is 0.259 e. The minimum absolute atomic E-state index is 0.00147. The minimum atomic E-state index is -0.793. The molecule has 0 atom stereocenters. The number of benzene rings is 1. The van der Waals surface area contributed by atoms with Crippen LogP contribution in [0.25, 0.3) is 6.08 Å². The molecule has 0 spiro atoms. The van der Waals surface area contributed by atoms with Gasteiger partial charge in [-0.15, -0.1) is 0 Å². The molecule has 5 nitrogen and oxygen atoms in total. The van der Waals surface area contributed by atoms with Crippen molar-refractivity contribution >= 4 is 12.0 Å². The molecule has 0 radical (unpaired) electrons. The number of amides is 1. The highest BCUT2D eigenvalue weighted by Crippen LogP contribution is 2.27. The van der Waals surface area contributed by atoms with Crippen molar-refractivity contribution in [1.29, 1.82) is 5.26 Å². The van der Waals surface area contributed by atoms with Gasteiger partial charge in [0.25, 0.3) is 5.91 Å². The maximum absolute atomic E-state index is 10.9. The zero-order valence-corrected chi connectivity index (χ0v) is 9.30. The molecule has 0 saturated heterocycles. The zero-order valence-electron chi connectivity index (χ0n) is 9.30. The van der Waals surface area contributed by atoms with Crippen molar-refractivity contribution < 1.29 is 14.6 Å². The first-order valence-electron chi connectivity index (χ1n) is 4.96. The number of phenols is 1. The number of rotatable bonds is 4. The summed E-state index contributed by atoms with van der Waals surface area (Å²) >= 11 is 0. The van der Waals surface area contributed by atoms with Crippen LogP contribution in [0.4, 0.5) is 0 Å². The summed E-state index contributed by atoms with van der Waals surface area (Å²) in [6, 6.07) is 6.20. The molecule has 5 heteroatoms. The standard InChI is InChI=1S/C12H12N2O3/c1-2-17-11-6-8(3-4-10(11)15)5-9(7-13)12(14)16/h3-6,15H,2H2,1H3,(H2,14,16)/b9-5-. The van der Waals surface area contributed by atoms with Gasteiger partial charge in [-0.05, 0) is 30.7 Å². The minimum Gasteiger partial charge on any atom is -0.504 e. The fourth-order valence-electron chi connectivity index (χ4n) is 1.22. The Kier molecular flexibility index (Phi) is 4.12. The van der Waals surface area contributed by atoms with Gasteiger partial charge in [-0.3, -0.25) is 4.79 Å². The predicted molar refractivity (Wildman–Crippen MR) is 62.1 cm³/mol. The maximum atomic E-state index is 10.9. The monoisotopic (exact) mass is 232 g/mol. The number of ether oxygens (including phenoxy) is 1. The molecule has 1 aromatic rings. The second-order valence-corrected chi connectivity index (χ2v) is 3.19. The highest BCUT2D eigenvalue weighted by atomic mass is 16.5. The van der Waals surface area contributed by atoms with Crippen molar-refractivity contribution in [3.8, 4) is 17.6 Å². The van der Waals surface area contributed by atoms with Gasteiger partial charge in [0.05, 0.1) is 6.61 Å². The fourth-order valence-corrected chi connectivity index (χ4v) is 1.22. The molecular weight excluding hydrogens is 220 g/mol. The van der Waals surface area contributed by atoms with Gasteiger partial charge in [0, 0.05) is 0 Å². The number of primary amides is 1. The van der Waals surface area contributed by atoms with E-state index in [1.807, 2.05) is 0 Å². The van der Waals surface area contributed by atoms with E-state index in [0.29, 0.717) is 17.9 Å². The number of nitrogens with zero attached hydrogens (tertiary/aromatic N) is 1.